The van der Waals surface area contributed by atoms with Gasteiger partial charge in [0, 0.05) is 0 Å². The zero-order valence-corrected chi connectivity index (χ0v) is 11.1. The first-order valence-corrected chi connectivity index (χ1v) is 6.38. The van der Waals surface area contributed by atoms with Gasteiger partial charge in [-0.2, -0.15) is 0 Å². The molecule has 0 aromatic heterocycles. The molecule has 18 heavy (non-hydrogen) atoms. The second-order valence-electron chi connectivity index (χ2n) is 4.40. The van der Waals surface area contributed by atoms with Gasteiger partial charge in [-0.25, -0.2) is 0 Å². The van der Waals surface area contributed by atoms with Gasteiger partial charge in [-0.05, 0) is 31.7 Å². The van der Waals surface area contributed by atoms with Crippen LogP contribution in [0.3, 0.4) is 0 Å². The molecule has 2 unspecified atom stereocenters. The molecule has 0 N–H and O–H groups in total. The van der Waals surface area contributed by atoms with Gasteiger partial charge in [-0.15, -0.1) is 6.42 Å². The van der Waals surface area contributed by atoms with E-state index < -0.39 is 5.92 Å². The average Bonchev–Trinajstić information content (AvgIpc) is 2.40. The lowest BCUT2D eigenvalue weighted by Crippen LogP contribution is -2.21. The van der Waals surface area contributed by atoms with Crippen LogP contribution in [0.5, 0.6) is 0 Å². The monoisotopic (exact) mass is 244 g/mol. The van der Waals surface area contributed by atoms with Gasteiger partial charge in [0.1, 0.15) is 5.92 Å². The Kier molecular flexibility index (Phi) is 6.00. The van der Waals surface area contributed by atoms with Gasteiger partial charge in [0.05, 0.1) is 6.10 Å². The predicted octanol–water partition coefficient (Wildman–Crippen LogP) is 3.21. The van der Waals surface area contributed by atoms with Gasteiger partial charge in [0.25, 0.3) is 0 Å². The summed E-state index contributed by atoms with van der Waals surface area (Å²) in [7, 11) is 0. The number of ether oxygens (including phenoxy) is 1. The molecule has 0 fully saturated rings. The van der Waals surface area contributed by atoms with E-state index in [-0.39, 0.29) is 12.1 Å². The Morgan fingerprint density at radius 1 is 1.39 bits per heavy atom. The number of rotatable bonds is 6. The first-order chi connectivity index (χ1) is 8.67. The molecule has 1 rings (SSSR count). The van der Waals surface area contributed by atoms with Crippen molar-refractivity contribution >= 4 is 5.97 Å². The lowest BCUT2D eigenvalue weighted by Gasteiger charge is -2.14. The summed E-state index contributed by atoms with van der Waals surface area (Å²) in [5.41, 5.74) is 1.19. The molecular formula is C16H20O2. The van der Waals surface area contributed by atoms with E-state index in [9.17, 15) is 4.79 Å². The van der Waals surface area contributed by atoms with E-state index in [1.54, 1.807) is 0 Å². The molecule has 0 aliphatic heterocycles. The summed E-state index contributed by atoms with van der Waals surface area (Å²) in [5.74, 6) is 1.81. The van der Waals surface area contributed by atoms with Crippen LogP contribution < -0.4 is 0 Å². The zero-order valence-electron chi connectivity index (χ0n) is 11.1. The van der Waals surface area contributed by atoms with Crippen LogP contribution in [0.15, 0.2) is 30.3 Å². The van der Waals surface area contributed by atoms with Crippen LogP contribution in [-0.2, 0) is 16.0 Å². The van der Waals surface area contributed by atoms with Crippen molar-refractivity contribution < 1.29 is 9.53 Å². The zero-order chi connectivity index (χ0) is 13.4. The number of carbonyl (C=O) groups excluding carboxylic acids is 1. The highest BCUT2D eigenvalue weighted by atomic mass is 16.5. The van der Waals surface area contributed by atoms with Gasteiger partial charge in [0.15, 0.2) is 0 Å². The number of terminal acetylenes is 1. The van der Waals surface area contributed by atoms with Gasteiger partial charge in [-0.1, -0.05) is 43.2 Å². The summed E-state index contributed by atoms with van der Waals surface area (Å²) in [6.45, 7) is 3.86. The van der Waals surface area contributed by atoms with Crippen molar-refractivity contribution in [3.63, 3.8) is 0 Å². The average molecular weight is 244 g/mol. The van der Waals surface area contributed by atoms with Gasteiger partial charge >= 0.3 is 5.97 Å². The Balaban J connectivity index is 2.48. The van der Waals surface area contributed by atoms with Gasteiger partial charge in [-0.3, -0.25) is 4.79 Å². The molecule has 96 valence electrons. The molecular weight excluding hydrogens is 224 g/mol. The molecule has 0 spiro atoms. The molecule has 0 bridgehead atoms. The number of carbonyl (C=O) groups is 1. The standard InChI is InChI=1S/C16H20O2/c1-4-13(3)18-16(17)15(5-2)12-11-14-9-7-6-8-10-14/h2,6-10,13,15H,4,11-12H2,1,3H3. The normalized spacial score (nSPS) is 13.4. The van der Waals surface area contributed by atoms with Crippen molar-refractivity contribution in [2.75, 3.05) is 0 Å². The van der Waals surface area contributed by atoms with E-state index in [2.05, 4.69) is 5.92 Å². The van der Waals surface area contributed by atoms with Gasteiger partial charge in [0.2, 0.25) is 0 Å². The van der Waals surface area contributed by atoms with Crippen molar-refractivity contribution in [2.45, 2.75) is 39.2 Å². The first kappa shape index (κ1) is 14.3. The fraction of sp³-hybridized carbons (Fsp3) is 0.438. The molecule has 0 amide bonds. The van der Waals surface area contributed by atoms with Crippen LogP contribution in [0.25, 0.3) is 0 Å². The number of benzene rings is 1. The number of hydrogen-bond donors (Lipinski definition) is 0. The minimum atomic E-state index is -0.445. The number of esters is 1. The van der Waals surface area contributed by atoms with E-state index in [1.807, 2.05) is 44.2 Å². The number of aryl methyl sites for hydroxylation is 1. The third-order valence-corrected chi connectivity index (χ3v) is 2.94. The van der Waals surface area contributed by atoms with E-state index in [1.165, 1.54) is 5.56 Å². The largest absolute Gasteiger partial charge is 0.462 e. The summed E-state index contributed by atoms with van der Waals surface area (Å²) in [6.07, 6.45) is 7.58. The second kappa shape index (κ2) is 7.55. The van der Waals surface area contributed by atoms with E-state index in [0.717, 1.165) is 12.8 Å². The minimum Gasteiger partial charge on any atom is -0.462 e. The van der Waals surface area contributed by atoms with Crippen molar-refractivity contribution in [3.8, 4) is 12.3 Å². The minimum absolute atomic E-state index is 0.0647. The summed E-state index contributed by atoms with van der Waals surface area (Å²) in [4.78, 5) is 11.8. The summed E-state index contributed by atoms with van der Waals surface area (Å²) in [5, 5.41) is 0. The number of hydrogen-bond acceptors (Lipinski definition) is 2. The molecule has 0 aliphatic carbocycles. The Labute approximate surface area is 109 Å². The predicted molar refractivity (Wildman–Crippen MR) is 72.9 cm³/mol. The maximum absolute atomic E-state index is 11.8. The molecule has 0 saturated carbocycles. The Hall–Kier alpha value is -1.75. The van der Waals surface area contributed by atoms with E-state index in [4.69, 9.17) is 11.2 Å². The van der Waals surface area contributed by atoms with Crippen LogP contribution in [0.4, 0.5) is 0 Å². The summed E-state index contributed by atoms with van der Waals surface area (Å²) >= 11 is 0. The highest BCUT2D eigenvalue weighted by molar-refractivity contribution is 5.75. The third kappa shape index (κ3) is 4.63. The van der Waals surface area contributed by atoms with Crippen molar-refractivity contribution in [1.29, 1.82) is 0 Å². The summed E-state index contributed by atoms with van der Waals surface area (Å²) < 4.78 is 5.26. The summed E-state index contributed by atoms with van der Waals surface area (Å²) in [6, 6.07) is 10.0. The Morgan fingerprint density at radius 2 is 2.06 bits per heavy atom. The molecule has 0 radical (unpaired) electrons. The Bertz CT molecular complexity index is 403. The van der Waals surface area contributed by atoms with E-state index >= 15 is 0 Å². The fourth-order valence-electron chi connectivity index (χ4n) is 1.59. The highest BCUT2D eigenvalue weighted by Gasteiger charge is 2.19. The SMILES string of the molecule is C#CC(CCc1ccccc1)C(=O)OC(C)CC. The lowest BCUT2D eigenvalue weighted by molar-refractivity contribution is -0.151. The smallest absolute Gasteiger partial charge is 0.321 e. The molecule has 2 nitrogen and oxygen atoms in total. The van der Waals surface area contributed by atoms with Crippen molar-refractivity contribution in [1.82, 2.24) is 0 Å². The van der Waals surface area contributed by atoms with E-state index in [0.29, 0.717) is 6.42 Å². The molecule has 0 heterocycles. The maximum atomic E-state index is 11.8. The maximum Gasteiger partial charge on any atom is 0.321 e. The van der Waals surface area contributed by atoms with Gasteiger partial charge < -0.3 is 4.74 Å². The van der Waals surface area contributed by atoms with Crippen LogP contribution >= 0.6 is 0 Å². The van der Waals surface area contributed by atoms with Crippen molar-refractivity contribution in [2.24, 2.45) is 5.92 Å². The highest BCUT2D eigenvalue weighted by Crippen LogP contribution is 2.12. The van der Waals surface area contributed by atoms with Crippen LogP contribution in [0.1, 0.15) is 32.3 Å². The third-order valence-electron chi connectivity index (χ3n) is 2.94. The quantitative estimate of drug-likeness (QED) is 0.567. The second-order valence-corrected chi connectivity index (χ2v) is 4.40. The van der Waals surface area contributed by atoms with Crippen molar-refractivity contribution in [3.05, 3.63) is 35.9 Å². The molecule has 2 atom stereocenters. The Morgan fingerprint density at radius 3 is 2.61 bits per heavy atom. The molecule has 0 saturated heterocycles. The van der Waals surface area contributed by atoms with Crippen LogP contribution in [0, 0.1) is 18.3 Å². The molecule has 1 aromatic carbocycles. The molecule has 0 aliphatic rings. The van der Waals surface area contributed by atoms with Crippen LogP contribution in [-0.4, -0.2) is 12.1 Å². The topological polar surface area (TPSA) is 26.3 Å². The fourth-order valence-corrected chi connectivity index (χ4v) is 1.59. The lowest BCUT2D eigenvalue weighted by atomic mass is 10.0. The van der Waals surface area contributed by atoms with Crippen LogP contribution in [0.2, 0.25) is 0 Å². The molecule has 1 aromatic rings. The first-order valence-electron chi connectivity index (χ1n) is 6.38. The molecule has 2 heteroatoms.